The van der Waals surface area contributed by atoms with Crippen LogP contribution in [0.3, 0.4) is 0 Å². The molecule has 0 saturated carbocycles. The molecule has 0 aliphatic heterocycles. The van der Waals surface area contributed by atoms with E-state index in [1.165, 1.54) is 0 Å². The lowest BCUT2D eigenvalue weighted by atomic mass is 10.0. The van der Waals surface area contributed by atoms with E-state index in [0.29, 0.717) is 23.5 Å². The molecule has 0 bridgehead atoms. The largest absolute Gasteiger partial charge is 0.488 e. The summed E-state index contributed by atoms with van der Waals surface area (Å²) >= 11 is 3.52. The minimum atomic E-state index is 0.310. The van der Waals surface area contributed by atoms with E-state index in [1.807, 2.05) is 72.8 Å². The molecule has 0 spiro atoms. The molecule has 0 amide bonds. The van der Waals surface area contributed by atoms with E-state index in [0.717, 1.165) is 21.2 Å². The van der Waals surface area contributed by atoms with Crippen molar-refractivity contribution in [3.63, 3.8) is 0 Å². The molecule has 0 unspecified atom stereocenters. The zero-order valence-electron chi connectivity index (χ0n) is 14.4. The van der Waals surface area contributed by atoms with Crippen molar-refractivity contribution in [2.24, 2.45) is 0 Å². The van der Waals surface area contributed by atoms with Crippen molar-refractivity contribution < 1.29 is 4.74 Å². The van der Waals surface area contributed by atoms with Gasteiger partial charge in [-0.3, -0.25) is 0 Å². The van der Waals surface area contributed by atoms with Crippen LogP contribution in [0.4, 0.5) is 0 Å². The average Bonchev–Trinajstić information content (AvgIpc) is 2.72. The first kappa shape index (κ1) is 18.5. The van der Waals surface area contributed by atoms with Crippen molar-refractivity contribution in [2.75, 3.05) is 0 Å². The van der Waals surface area contributed by atoms with E-state index in [9.17, 15) is 5.26 Å². The van der Waals surface area contributed by atoms with Gasteiger partial charge in [0.2, 0.25) is 0 Å². The first-order valence-corrected chi connectivity index (χ1v) is 9.08. The minimum Gasteiger partial charge on any atom is -0.488 e. The molecular formula is C23H15BrN2O. The Morgan fingerprint density at radius 3 is 2.41 bits per heavy atom. The predicted molar refractivity (Wildman–Crippen MR) is 110 cm³/mol. The molecule has 0 saturated heterocycles. The lowest BCUT2D eigenvalue weighted by molar-refractivity contribution is 0.304. The molecule has 0 radical (unpaired) electrons. The Morgan fingerprint density at radius 1 is 0.963 bits per heavy atom. The van der Waals surface area contributed by atoms with Crippen LogP contribution in [0.5, 0.6) is 5.75 Å². The number of benzene rings is 3. The molecule has 0 atom stereocenters. The van der Waals surface area contributed by atoms with E-state index in [4.69, 9.17) is 10.00 Å². The SMILES string of the molecule is N#CC(=Cc1ccc(OCc2ccccc2C#N)c(Br)c1)c1ccccc1. The van der Waals surface area contributed by atoms with Gasteiger partial charge in [0.05, 0.1) is 27.7 Å². The van der Waals surface area contributed by atoms with Gasteiger partial charge in [-0.05, 0) is 51.3 Å². The van der Waals surface area contributed by atoms with Crippen LogP contribution >= 0.6 is 15.9 Å². The van der Waals surface area contributed by atoms with E-state index < -0.39 is 0 Å². The van der Waals surface area contributed by atoms with E-state index >= 15 is 0 Å². The highest BCUT2D eigenvalue weighted by Gasteiger charge is 2.06. The highest BCUT2D eigenvalue weighted by atomic mass is 79.9. The van der Waals surface area contributed by atoms with Crippen LogP contribution in [0.15, 0.2) is 77.3 Å². The average molecular weight is 415 g/mol. The summed E-state index contributed by atoms with van der Waals surface area (Å²) in [5.41, 5.74) is 3.82. The fraction of sp³-hybridized carbons (Fsp3) is 0.0435. The normalized spacial score (nSPS) is 10.7. The first-order chi connectivity index (χ1) is 13.2. The summed E-state index contributed by atoms with van der Waals surface area (Å²) in [5, 5.41) is 18.6. The van der Waals surface area contributed by atoms with Gasteiger partial charge in [0.25, 0.3) is 0 Å². The molecule has 0 aromatic heterocycles. The molecule has 4 heteroatoms. The Bertz CT molecular complexity index is 1060. The molecule has 3 nitrogen and oxygen atoms in total. The lowest BCUT2D eigenvalue weighted by Crippen LogP contribution is -1.98. The van der Waals surface area contributed by atoms with Gasteiger partial charge in [-0.25, -0.2) is 0 Å². The second-order valence-electron chi connectivity index (χ2n) is 5.78. The Balaban J connectivity index is 1.79. The Kier molecular flexibility index (Phi) is 6.05. The van der Waals surface area contributed by atoms with Crippen LogP contribution < -0.4 is 4.74 Å². The monoisotopic (exact) mass is 414 g/mol. The zero-order chi connectivity index (χ0) is 19.1. The standard InChI is InChI=1S/C23H15BrN2O/c24-22-13-17(12-21(15-26)18-6-2-1-3-7-18)10-11-23(22)27-16-20-9-5-4-8-19(20)14-25/h1-13H,16H2. The molecular weight excluding hydrogens is 400 g/mol. The number of hydrogen-bond donors (Lipinski definition) is 0. The number of hydrogen-bond acceptors (Lipinski definition) is 3. The first-order valence-electron chi connectivity index (χ1n) is 8.29. The topological polar surface area (TPSA) is 56.8 Å². The van der Waals surface area contributed by atoms with Crippen molar-refractivity contribution in [3.8, 4) is 17.9 Å². The van der Waals surface area contributed by atoms with E-state index in [-0.39, 0.29) is 0 Å². The van der Waals surface area contributed by atoms with Crippen LogP contribution in [-0.2, 0) is 6.61 Å². The molecule has 0 aliphatic carbocycles. The third kappa shape index (κ3) is 4.64. The smallest absolute Gasteiger partial charge is 0.134 e. The molecule has 27 heavy (non-hydrogen) atoms. The molecule has 130 valence electrons. The predicted octanol–water partition coefficient (Wildman–Crippen LogP) is 5.96. The van der Waals surface area contributed by atoms with Crippen LogP contribution in [0.2, 0.25) is 0 Å². The fourth-order valence-corrected chi connectivity index (χ4v) is 3.11. The molecule has 0 N–H and O–H groups in total. The highest BCUT2D eigenvalue weighted by Crippen LogP contribution is 2.29. The van der Waals surface area contributed by atoms with Gasteiger partial charge in [0.15, 0.2) is 0 Å². The number of ether oxygens (including phenoxy) is 1. The number of nitrogens with zero attached hydrogens (tertiary/aromatic N) is 2. The van der Waals surface area contributed by atoms with E-state index in [1.54, 1.807) is 6.07 Å². The molecule has 0 fully saturated rings. The summed E-state index contributed by atoms with van der Waals surface area (Å²) in [7, 11) is 0. The summed E-state index contributed by atoms with van der Waals surface area (Å²) in [5.74, 6) is 0.679. The Hall–Kier alpha value is -3.34. The van der Waals surface area contributed by atoms with Gasteiger partial charge < -0.3 is 4.74 Å². The zero-order valence-corrected chi connectivity index (χ0v) is 16.0. The Labute approximate surface area is 166 Å². The molecule has 3 aromatic rings. The van der Waals surface area contributed by atoms with Gasteiger partial charge in [-0.2, -0.15) is 10.5 Å². The van der Waals surface area contributed by atoms with Gasteiger partial charge in [0.1, 0.15) is 12.4 Å². The van der Waals surface area contributed by atoms with E-state index in [2.05, 4.69) is 28.1 Å². The van der Waals surface area contributed by atoms with Gasteiger partial charge in [-0.1, -0.05) is 54.6 Å². The maximum Gasteiger partial charge on any atom is 0.134 e. The summed E-state index contributed by atoms with van der Waals surface area (Å²) < 4.78 is 6.64. The molecule has 3 aromatic carbocycles. The van der Waals surface area contributed by atoms with Crippen molar-refractivity contribution in [1.29, 1.82) is 10.5 Å². The number of rotatable bonds is 5. The van der Waals surface area contributed by atoms with Crippen LogP contribution in [-0.4, -0.2) is 0 Å². The maximum absolute atomic E-state index is 9.44. The highest BCUT2D eigenvalue weighted by molar-refractivity contribution is 9.10. The minimum absolute atomic E-state index is 0.310. The van der Waals surface area contributed by atoms with Crippen LogP contribution in [0, 0.1) is 22.7 Å². The number of nitriles is 2. The summed E-state index contributed by atoms with van der Waals surface area (Å²) in [6.07, 6.45) is 1.84. The molecule has 0 aliphatic rings. The number of halogens is 1. The summed E-state index contributed by atoms with van der Waals surface area (Å²) in [6, 6.07) is 27.0. The summed E-state index contributed by atoms with van der Waals surface area (Å²) in [6.45, 7) is 0.310. The maximum atomic E-state index is 9.44. The molecule has 0 heterocycles. The number of allylic oxidation sites excluding steroid dienone is 1. The van der Waals surface area contributed by atoms with Crippen molar-refractivity contribution in [2.45, 2.75) is 6.61 Å². The summed E-state index contributed by atoms with van der Waals surface area (Å²) in [4.78, 5) is 0. The van der Waals surface area contributed by atoms with Crippen LogP contribution in [0.1, 0.15) is 22.3 Å². The third-order valence-electron chi connectivity index (χ3n) is 3.99. The van der Waals surface area contributed by atoms with Crippen LogP contribution in [0.25, 0.3) is 11.6 Å². The van der Waals surface area contributed by atoms with Crippen molar-refractivity contribution >= 4 is 27.6 Å². The Morgan fingerprint density at radius 2 is 1.70 bits per heavy atom. The second kappa shape index (κ2) is 8.85. The lowest BCUT2D eigenvalue weighted by Gasteiger charge is -2.10. The second-order valence-corrected chi connectivity index (χ2v) is 6.64. The van der Waals surface area contributed by atoms with Gasteiger partial charge in [-0.15, -0.1) is 0 Å². The fourth-order valence-electron chi connectivity index (χ4n) is 2.60. The molecule has 3 rings (SSSR count). The van der Waals surface area contributed by atoms with Gasteiger partial charge in [0, 0.05) is 5.56 Å². The van der Waals surface area contributed by atoms with Crippen molar-refractivity contribution in [1.82, 2.24) is 0 Å². The third-order valence-corrected chi connectivity index (χ3v) is 4.61. The quantitative estimate of drug-likeness (QED) is 0.381. The van der Waals surface area contributed by atoms with Gasteiger partial charge >= 0.3 is 0 Å². The van der Waals surface area contributed by atoms with Crippen molar-refractivity contribution in [3.05, 3.63) is 99.5 Å².